The summed E-state index contributed by atoms with van der Waals surface area (Å²) in [5, 5.41) is 9.80. The van der Waals surface area contributed by atoms with Crippen molar-refractivity contribution in [3.05, 3.63) is 54.1 Å². The maximum atomic E-state index is 9.80. The number of phenolic OH excluding ortho intramolecular Hbond substituents is 1. The Balaban J connectivity index is 2.37. The molecule has 0 amide bonds. The fourth-order valence-corrected chi connectivity index (χ4v) is 1.78. The Bertz CT molecular complexity index is 511. The molecule has 0 saturated heterocycles. The molecular weight excluding hydrogens is 212 g/mol. The van der Waals surface area contributed by atoms with Crippen LogP contribution in [-0.4, -0.2) is 12.2 Å². The molecule has 2 aromatic rings. The highest BCUT2D eigenvalue weighted by molar-refractivity contribution is 5.68. The molecule has 0 spiro atoms. The maximum absolute atomic E-state index is 9.80. The second kappa shape index (κ2) is 4.89. The van der Waals surface area contributed by atoms with E-state index >= 15 is 0 Å². The molecular formula is C14H16N2O. The molecule has 0 aromatic heterocycles. The maximum Gasteiger partial charge on any atom is 0.139 e. The number of benzene rings is 2. The Kier molecular flexibility index (Phi) is 3.30. The average molecular weight is 228 g/mol. The molecule has 0 aliphatic carbocycles. The van der Waals surface area contributed by atoms with Gasteiger partial charge in [-0.05, 0) is 29.8 Å². The highest BCUT2D eigenvalue weighted by atomic mass is 16.3. The molecule has 0 bridgehead atoms. The zero-order chi connectivity index (χ0) is 12.3. The largest absolute Gasteiger partial charge is 0.506 e. The molecule has 3 heteroatoms. The minimum atomic E-state index is 0.271. The summed E-state index contributed by atoms with van der Waals surface area (Å²) in [6, 6.07) is 15.2. The molecule has 0 fully saturated rings. The van der Waals surface area contributed by atoms with Crippen molar-refractivity contribution in [2.24, 2.45) is 5.73 Å². The van der Waals surface area contributed by atoms with Crippen LogP contribution in [0.5, 0.6) is 5.75 Å². The van der Waals surface area contributed by atoms with Crippen LogP contribution in [0.2, 0.25) is 0 Å². The summed E-state index contributed by atoms with van der Waals surface area (Å²) >= 11 is 0. The predicted molar refractivity (Wildman–Crippen MR) is 70.5 cm³/mol. The van der Waals surface area contributed by atoms with Gasteiger partial charge in [-0.15, -0.1) is 0 Å². The van der Waals surface area contributed by atoms with E-state index in [2.05, 4.69) is 0 Å². The number of nitrogens with zero attached hydrogens (tertiary/aromatic N) is 1. The van der Waals surface area contributed by atoms with Crippen LogP contribution in [0.25, 0.3) is 0 Å². The smallest absolute Gasteiger partial charge is 0.139 e. The van der Waals surface area contributed by atoms with Crippen molar-refractivity contribution in [2.45, 2.75) is 6.54 Å². The van der Waals surface area contributed by atoms with Crippen molar-refractivity contribution < 1.29 is 5.11 Å². The molecule has 0 radical (unpaired) electrons. The van der Waals surface area contributed by atoms with Crippen molar-refractivity contribution in [1.82, 2.24) is 0 Å². The molecule has 2 aromatic carbocycles. The molecule has 0 aliphatic rings. The number of phenols is 1. The number of para-hydroxylation sites is 2. The summed E-state index contributed by atoms with van der Waals surface area (Å²) in [6.07, 6.45) is 0. The van der Waals surface area contributed by atoms with Crippen LogP contribution in [0.15, 0.2) is 48.5 Å². The summed E-state index contributed by atoms with van der Waals surface area (Å²) in [4.78, 5) is 1.94. The van der Waals surface area contributed by atoms with Crippen molar-refractivity contribution in [2.75, 3.05) is 11.9 Å². The molecule has 2 rings (SSSR count). The third-order valence-electron chi connectivity index (χ3n) is 2.78. The highest BCUT2D eigenvalue weighted by Gasteiger charge is 2.07. The number of hydrogen-bond donors (Lipinski definition) is 2. The van der Waals surface area contributed by atoms with E-state index in [1.807, 2.05) is 54.4 Å². The Morgan fingerprint density at radius 1 is 1.12 bits per heavy atom. The molecule has 0 heterocycles. The van der Waals surface area contributed by atoms with E-state index in [0.717, 1.165) is 16.9 Å². The van der Waals surface area contributed by atoms with Crippen molar-refractivity contribution >= 4 is 11.4 Å². The Morgan fingerprint density at radius 2 is 1.88 bits per heavy atom. The van der Waals surface area contributed by atoms with Gasteiger partial charge in [-0.3, -0.25) is 0 Å². The lowest BCUT2D eigenvalue weighted by atomic mass is 10.1. The minimum Gasteiger partial charge on any atom is -0.506 e. The fraction of sp³-hybridized carbons (Fsp3) is 0.143. The monoisotopic (exact) mass is 228 g/mol. The number of anilines is 2. The Morgan fingerprint density at radius 3 is 2.59 bits per heavy atom. The lowest BCUT2D eigenvalue weighted by Crippen LogP contribution is -2.10. The van der Waals surface area contributed by atoms with Crippen LogP contribution in [0.1, 0.15) is 5.56 Å². The van der Waals surface area contributed by atoms with Crippen LogP contribution in [-0.2, 0) is 6.54 Å². The molecule has 88 valence electrons. The third kappa shape index (κ3) is 2.40. The fourth-order valence-electron chi connectivity index (χ4n) is 1.78. The molecule has 0 unspecified atom stereocenters. The van der Waals surface area contributed by atoms with E-state index in [1.54, 1.807) is 6.07 Å². The summed E-state index contributed by atoms with van der Waals surface area (Å²) in [5.74, 6) is 0.271. The van der Waals surface area contributed by atoms with Gasteiger partial charge in [0.2, 0.25) is 0 Å². The number of aromatic hydroxyl groups is 1. The van der Waals surface area contributed by atoms with Gasteiger partial charge in [-0.2, -0.15) is 0 Å². The van der Waals surface area contributed by atoms with E-state index in [0.29, 0.717) is 6.54 Å². The molecule has 0 saturated carbocycles. The van der Waals surface area contributed by atoms with Crippen LogP contribution >= 0.6 is 0 Å². The van der Waals surface area contributed by atoms with E-state index in [9.17, 15) is 5.11 Å². The molecule has 3 N–H and O–H groups in total. The van der Waals surface area contributed by atoms with E-state index in [1.165, 1.54) is 0 Å². The van der Waals surface area contributed by atoms with Gasteiger partial charge < -0.3 is 15.7 Å². The first kappa shape index (κ1) is 11.5. The van der Waals surface area contributed by atoms with Gasteiger partial charge in [0, 0.05) is 19.3 Å². The van der Waals surface area contributed by atoms with Crippen LogP contribution in [0.3, 0.4) is 0 Å². The lowest BCUT2D eigenvalue weighted by molar-refractivity contribution is 0.476. The number of nitrogens with two attached hydrogens (primary N) is 1. The zero-order valence-electron chi connectivity index (χ0n) is 9.80. The SMILES string of the molecule is CN(c1cccc(CN)c1)c1ccccc1O. The Labute approximate surface area is 101 Å². The second-order valence-electron chi connectivity index (χ2n) is 3.92. The van der Waals surface area contributed by atoms with Crippen molar-refractivity contribution in [3.8, 4) is 5.75 Å². The van der Waals surface area contributed by atoms with Gasteiger partial charge in [-0.25, -0.2) is 0 Å². The average Bonchev–Trinajstić information content (AvgIpc) is 2.38. The molecule has 3 nitrogen and oxygen atoms in total. The van der Waals surface area contributed by atoms with Crippen LogP contribution < -0.4 is 10.6 Å². The first-order chi connectivity index (χ1) is 8.22. The van der Waals surface area contributed by atoms with Gasteiger partial charge in [-0.1, -0.05) is 24.3 Å². The topological polar surface area (TPSA) is 49.5 Å². The third-order valence-corrected chi connectivity index (χ3v) is 2.78. The highest BCUT2D eigenvalue weighted by Crippen LogP contribution is 2.31. The minimum absolute atomic E-state index is 0.271. The summed E-state index contributed by atoms with van der Waals surface area (Å²) in [6.45, 7) is 0.516. The lowest BCUT2D eigenvalue weighted by Gasteiger charge is -2.21. The molecule has 17 heavy (non-hydrogen) atoms. The summed E-state index contributed by atoms with van der Waals surface area (Å²) in [5.41, 5.74) is 8.48. The Hall–Kier alpha value is -2.00. The van der Waals surface area contributed by atoms with Gasteiger partial charge in [0.05, 0.1) is 5.69 Å². The van der Waals surface area contributed by atoms with Crippen molar-refractivity contribution in [1.29, 1.82) is 0 Å². The zero-order valence-corrected chi connectivity index (χ0v) is 9.80. The quantitative estimate of drug-likeness (QED) is 0.849. The van der Waals surface area contributed by atoms with E-state index < -0.39 is 0 Å². The van der Waals surface area contributed by atoms with Gasteiger partial charge in [0.15, 0.2) is 0 Å². The van der Waals surface area contributed by atoms with Crippen molar-refractivity contribution in [3.63, 3.8) is 0 Å². The molecule has 0 aliphatic heterocycles. The van der Waals surface area contributed by atoms with Crippen LogP contribution in [0, 0.1) is 0 Å². The number of hydrogen-bond acceptors (Lipinski definition) is 3. The van der Waals surface area contributed by atoms with Gasteiger partial charge >= 0.3 is 0 Å². The number of rotatable bonds is 3. The molecule has 0 atom stereocenters. The first-order valence-corrected chi connectivity index (χ1v) is 5.53. The van der Waals surface area contributed by atoms with Gasteiger partial charge in [0.1, 0.15) is 5.75 Å². The standard InChI is InChI=1S/C14H16N2O/c1-16(13-7-2-3-8-14(13)17)12-6-4-5-11(9-12)10-15/h2-9,17H,10,15H2,1H3. The van der Waals surface area contributed by atoms with E-state index in [-0.39, 0.29) is 5.75 Å². The normalized spacial score (nSPS) is 10.2. The first-order valence-electron chi connectivity index (χ1n) is 5.53. The van der Waals surface area contributed by atoms with Crippen LogP contribution in [0.4, 0.5) is 11.4 Å². The second-order valence-corrected chi connectivity index (χ2v) is 3.92. The van der Waals surface area contributed by atoms with Gasteiger partial charge in [0.25, 0.3) is 0 Å². The van der Waals surface area contributed by atoms with E-state index in [4.69, 9.17) is 5.73 Å². The summed E-state index contributed by atoms with van der Waals surface area (Å²) < 4.78 is 0. The predicted octanol–water partition coefficient (Wildman–Crippen LogP) is 2.62. The summed E-state index contributed by atoms with van der Waals surface area (Å²) in [7, 11) is 1.92.